The van der Waals surface area contributed by atoms with E-state index in [1.807, 2.05) is 39.8 Å². The third-order valence-corrected chi connectivity index (χ3v) is 7.15. The van der Waals surface area contributed by atoms with Crippen LogP contribution in [0, 0.1) is 38.5 Å². The minimum atomic E-state index is -0.914. The van der Waals surface area contributed by atoms with E-state index in [2.05, 4.69) is 5.32 Å². The van der Waals surface area contributed by atoms with Gasteiger partial charge in [0.25, 0.3) is 0 Å². The van der Waals surface area contributed by atoms with Gasteiger partial charge in [-0.1, -0.05) is 24.1 Å². The van der Waals surface area contributed by atoms with Crippen molar-refractivity contribution in [3.05, 3.63) is 28.8 Å². The predicted octanol–water partition coefficient (Wildman–Crippen LogP) is 3.17. The van der Waals surface area contributed by atoms with Crippen LogP contribution in [-0.2, 0) is 14.4 Å². The van der Waals surface area contributed by atoms with Gasteiger partial charge in [0.05, 0.1) is 0 Å². The number of aryl methyl sites for hydroxylation is 3. The summed E-state index contributed by atoms with van der Waals surface area (Å²) in [4.78, 5) is 52.5. The number of nitrogens with zero attached hydrogens (tertiary/aromatic N) is 2. The van der Waals surface area contributed by atoms with Gasteiger partial charge in [0, 0.05) is 11.7 Å². The first kappa shape index (κ1) is 20.6. The van der Waals surface area contributed by atoms with Crippen LogP contribution in [-0.4, -0.2) is 46.1 Å². The number of carbonyl (C=O) groups excluding carboxylic acids is 4. The Morgan fingerprint density at radius 1 is 1.07 bits per heavy atom. The Labute approximate surface area is 176 Å². The highest BCUT2D eigenvalue weighted by atomic mass is 16.2. The Morgan fingerprint density at radius 2 is 1.73 bits per heavy atom. The molecule has 2 aliphatic carbocycles. The molecule has 0 spiro atoms. The number of amides is 5. The van der Waals surface area contributed by atoms with Gasteiger partial charge in [-0.2, -0.15) is 0 Å². The van der Waals surface area contributed by atoms with Crippen molar-refractivity contribution in [1.29, 1.82) is 0 Å². The van der Waals surface area contributed by atoms with E-state index >= 15 is 0 Å². The van der Waals surface area contributed by atoms with Crippen molar-refractivity contribution in [3.63, 3.8) is 0 Å². The van der Waals surface area contributed by atoms with Crippen LogP contribution < -0.4 is 5.32 Å². The van der Waals surface area contributed by atoms with Gasteiger partial charge in [0.15, 0.2) is 0 Å². The standard InChI is InChI=1S/C23H29N3O4/c1-12-7-13(2)20(14(3)8-12)24-19(27)11-25-21(28)22(29)26(23(25)30)15(4)18-10-16-5-6-17(18)9-16/h7-8,15-18H,5-6,9-11H2,1-4H3,(H,24,27)/t15-,16+,17+,18+/m1/s1. The van der Waals surface area contributed by atoms with Crippen molar-refractivity contribution in [3.8, 4) is 0 Å². The average Bonchev–Trinajstić information content (AvgIpc) is 3.36. The molecule has 7 heteroatoms. The molecule has 0 radical (unpaired) electrons. The minimum absolute atomic E-state index is 0.246. The van der Waals surface area contributed by atoms with Crippen molar-refractivity contribution < 1.29 is 19.2 Å². The molecular formula is C23H29N3O4. The van der Waals surface area contributed by atoms with Crippen LogP contribution in [0.3, 0.4) is 0 Å². The van der Waals surface area contributed by atoms with Crippen LogP contribution in [0.5, 0.6) is 0 Å². The number of rotatable bonds is 5. The van der Waals surface area contributed by atoms with Gasteiger partial charge in [0.2, 0.25) is 5.91 Å². The number of hydrogen-bond acceptors (Lipinski definition) is 4. The summed E-state index contributed by atoms with van der Waals surface area (Å²) in [6.07, 6.45) is 4.51. The summed E-state index contributed by atoms with van der Waals surface area (Å²) >= 11 is 0. The van der Waals surface area contributed by atoms with Crippen LogP contribution in [0.1, 0.15) is 49.3 Å². The van der Waals surface area contributed by atoms with E-state index in [-0.39, 0.29) is 12.0 Å². The number of hydrogen-bond donors (Lipinski definition) is 1. The van der Waals surface area contributed by atoms with Crippen molar-refractivity contribution in [2.24, 2.45) is 17.8 Å². The smallest absolute Gasteiger partial charge is 0.324 e. The molecule has 4 atom stereocenters. The minimum Gasteiger partial charge on any atom is -0.324 e. The zero-order valence-corrected chi connectivity index (χ0v) is 18.0. The fraction of sp³-hybridized carbons (Fsp3) is 0.565. The second-order valence-electron chi connectivity index (χ2n) is 9.25. The first-order chi connectivity index (χ1) is 14.2. The number of benzene rings is 1. The first-order valence-electron chi connectivity index (χ1n) is 10.7. The maximum absolute atomic E-state index is 12.9. The van der Waals surface area contributed by atoms with Crippen molar-refractivity contribution >= 4 is 29.4 Å². The summed E-state index contributed by atoms with van der Waals surface area (Å²) < 4.78 is 0. The van der Waals surface area contributed by atoms with Gasteiger partial charge in [-0.15, -0.1) is 0 Å². The predicted molar refractivity (Wildman–Crippen MR) is 112 cm³/mol. The lowest BCUT2D eigenvalue weighted by Crippen LogP contribution is -2.45. The molecule has 2 bridgehead atoms. The summed E-state index contributed by atoms with van der Waals surface area (Å²) in [6.45, 7) is 7.16. The third-order valence-electron chi connectivity index (χ3n) is 7.15. The number of imide groups is 2. The van der Waals surface area contributed by atoms with Gasteiger partial charge in [-0.25, -0.2) is 9.69 Å². The maximum atomic E-state index is 12.9. The summed E-state index contributed by atoms with van der Waals surface area (Å²) in [7, 11) is 0. The SMILES string of the molecule is Cc1cc(C)c(NC(=O)CN2C(=O)C(=O)N([C@H](C)[C@@H]3C[C@H]4CC[C@H]3C4)C2=O)c(C)c1. The summed E-state index contributed by atoms with van der Waals surface area (Å²) in [5, 5.41) is 2.79. The lowest BCUT2D eigenvalue weighted by molar-refractivity contribution is -0.144. The normalized spacial score (nSPS) is 26.7. The molecule has 1 heterocycles. The molecule has 1 N–H and O–H groups in total. The van der Waals surface area contributed by atoms with Gasteiger partial charge >= 0.3 is 17.8 Å². The van der Waals surface area contributed by atoms with Crippen LogP contribution in [0.25, 0.3) is 0 Å². The fourth-order valence-electron chi connectivity index (χ4n) is 5.80. The summed E-state index contributed by atoms with van der Waals surface area (Å²) in [5.74, 6) is -0.780. The molecule has 3 fully saturated rings. The largest absolute Gasteiger partial charge is 0.334 e. The van der Waals surface area contributed by atoms with E-state index < -0.39 is 30.3 Å². The molecule has 1 aliphatic heterocycles. The van der Waals surface area contributed by atoms with Gasteiger partial charge in [-0.3, -0.25) is 19.3 Å². The molecule has 7 nitrogen and oxygen atoms in total. The zero-order valence-electron chi connectivity index (χ0n) is 18.0. The third kappa shape index (κ3) is 3.40. The van der Waals surface area contributed by atoms with E-state index in [0.717, 1.165) is 45.8 Å². The van der Waals surface area contributed by atoms with Gasteiger partial charge in [0.1, 0.15) is 6.54 Å². The first-order valence-corrected chi connectivity index (χ1v) is 10.7. The quantitative estimate of drug-likeness (QED) is 0.596. The molecule has 2 saturated carbocycles. The van der Waals surface area contributed by atoms with Crippen molar-refractivity contribution in [2.45, 2.75) is 59.4 Å². The number of nitrogens with one attached hydrogen (secondary N) is 1. The number of fused-ring (bicyclic) bond motifs is 2. The van der Waals surface area contributed by atoms with Crippen molar-refractivity contribution in [2.75, 3.05) is 11.9 Å². The second kappa shape index (κ2) is 7.52. The van der Waals surface area contributed by atoms with E-state index in [1.54, 1.807) is 0 Å². The van der Waals surface area contributed by atoms with Crippen LogP contribution in [0.2, 0.25) is 0 Å². The Kier molecular flexibility index (Phi) is 5.16. The topological polar surface area (TPSA) is 86.8 Å². The highest BCUT2D eigenvalue weighted by molar-refractivity contribution is 6.45. The van der Waals surface area contributed by atoms with E-state index in [1.165, 1.54) is 6.42 Å². The molecule has 4 rings (SSSR count). The number of urea groups is 1. The van der Waals surface area contributed by atoms with Crippen LogP contribution in [0.4, 0.5) is 10.5 Å². The monoisotopic (exact) mass is 411 g/mol. The van der Waals surface area contributed by atoms with Crippen LogP contribution in [0.15, 0.2) is 12.1 Å². The molecule has 1 saturated heterocycles. The van der Waals surface area contributed by atoms with Gasteiger partial charge in [-0.05, 0) is 75.8 Å². The Hall–Kier alpha value is -2.70. The maximum Gasteiger partial charge on any atom is 0.334 e. The number of anilines is 1. The number of carbonyl (C=O) groups is 4. The highest BCUT2D eigenvalue weighted by Crippen LogP contribution is 2.50. The molecule has 3 aliphatic rings. The average molecular weight is 412 g/mol. The molecule has 30 heavy (non-hydrogen) atoms. The second-order valence-corrected chi connectivity index (χ2v) is 9.25. The Bertz CT molecular complexity index is 917. The van der Waals surface area contributed by atoms with Gasteiger partial charge < -0.3 is 5.32 Å². The summed E-state index contributed by atoms with van der Waals surface area (Å²) in [6, 6.07) is 2.92. The fourth-order valence-corrected chi connectivity index (χ4v) is 5.80. The molecule has 160 valence electrons. The van der Waals surface area contributed by atoms with E-state index in [0.29, 0.717) is 17.5 Å². The molecule has 5 amide bonds. The lowest BCUT2D eigenvalue weighted by Gasteiger charge is -2.32. The summed E-state index contributed by atoms with van der Waals surface area (Å²) in [5.41, 5.74) is 3.57. The lowest BCUT2D eigenvalue weighted by atomic mass is 9.83. The van der Waals surface area contributed by atoms with E-state index in [9.17, 15) is 19.2 Å². The van der Waals surface area contributed by atoms with E-state index in [4.69, 9.17) is 0 Å². The van der Waals surface area contributed by atoms with Crippen molar-refractivity contribution in [1.82, 2.24) is 9.80 Å². The molecule has 0 unspecified atom stereocenters. The zero-order chi connectivity index (χ0) is 21.7. The Morgan fingerprint density at radius 3 is 2.30 bits per heavy atom. The van der Waals surface area contributed by atoms with Crippen LogP contribution >= 0.6 is 0 Å². The highest BCUT2D eigenvalue weighted by Gasteiger charge is 2.52. The molecule has 0 aromatic heterocycles. The molecule has 1 aromatic carbocycles. The molecule has 1 aromatic rings. The Balaban J connectivity index is 1.46. The molecular weight excluding hydrogens is 382 g/mol.